The first-order valence-corrected chi connectivity index (χ1v) is 9.80. The van der Waals surface area contributed by atoms with Gasteiger partial charge in [0.15, 0.2) is 0 Å². The van der Waals surface area contributed by atoms with Crippen LogP contribution < -0.4 is 5.48 Å². The first-order valence-electron chi connectivity index (χ1n) is 9.80. The summed E-state index contributed by atoms with van der Waals surface area (Å²) < 4.78 is 1.70. The summed E-state index contributed by atoms with van der Waals surface area (Å²) >= 11 is 0. The third kappa shape index (κ3) is 3.79. The fourth-order valence-corrected chi connectivity index (χ4v) is 4.14. The minimum Gasteiger partial charge on any atom is -0.306 e. The molecule has 2 aromatic carbocycles. The molecule has 4 rings (SSSR count). The minimum absolute atomic E-state index is 0.461. The molecule has 0 aliphatic carbocycles. The van der Waals surface area contributed by atoms with Gasteiger partial charge in [-0.25, -0.2) is 5.48 Å². The highest BCUT2D eigenvalue weighted by Crippen LogP contribution is 2.33. The third-order valence-corrected chi connectivity index (χ3v) is 5.76. The van der Waals surface area contributed by atoms with Crippen LogP contribution in [0, 0.1) is 0 Å². The second-order valence-corrected chi connectivity index (χ2v) is 7.65. The molecule has 1 aliphatic heterocycles. The molecule has 0 radical (unpaired) electrons. The average Bonchev–Trinajstić information content (AvgIpc) is 3.17. The number of hydrogen-bond acceptors (Lipinski definition) is 4. The van der Waals surface area contributed by atoms with Crippen molar-refractivity contribution in [3.05, 3.63) is 65.9 Å². The van der Waals surface area contributed by atoms with E-state index in [4.69, 9.17) is 0 Å². The highest BCUT2D eigenvalue weighted by Gasteiger charge is 2.25. The van der Waals surface area contributed by atoms with Gasteiger partial charge in [0.1, 0.15) is 6.04 Å². The Bertz CT molecular complexity index is 946. The summed E-state index contributed by atoms with van der Waals surface area (Å²) in [6.07, 6.45) is 4.69. The van der Waals surface area contributed by atoms with Gasteiger partial charge in [0.25, 0.3) is 5.91 Å². The number of benzene rings is 2. The monoisotopic (exact) mass is 378 g/mol. The third-order valence-electron chi connectivity index (χ3n) is 5.76. The number of aromatic nitrogens is 2. The number of nitrogens with one attached hydrogen (secondary N) is 1. The van der Waals surface area contributed by atoms with Crippen LogP contribution >= 0.6 is 0 Å². The molecule has 2 N–H and O–H groups in total. The van der Waals surface area contributed by atoms with Crippen LogP contribution in [0.15, 0.2) is 54.7 Å². The van der Waals surface area contributed by atoms with Crippen molar-refractivity contribution >= 4 is 16.8 Å². The van der Waals surface area contributed by atoms with Gasteiger partial charge in [-0.05, 0) is 56.1 Å². The fourth-order valence-electron chi connectivity index (χ4n) is 4.14. The molecule has 6 heteroatoms. The van der Waals surface area contributed by atoms with E-state index >= 15 is 0 Å². The van der Waals surface area contributed by atoms with E-state index in [1.165, 1.54) is 5.56 Å². The lowest BCUT2D eigenvalue weighted by Gasteiger charge is -2.29. The highest BCUT2D eigenvalue weighted by atomic mass is 16.5. The summed E-state index contributed by atoms with van der Waals surface area (Å²) in [6, 6.07) is 15.4. The number of carbonyl (C=O) groups is 1. The summed E-state index contributed by atoms with van der Waals surface area (Å²) in [6.45, 7) is 2.19. The first-order chi connectivity index (χ1) is 13.7. The van der Waals surface area contributed by atoms with Crippen molar-refractivity contribution < 1.29 is 10.0 Å². The fraction of sp³-hybridized carbons (Fsp3) is 0.364. The molecule has 1 saturated heterocycles. The Hall–Kier alpha value is -2.70. The number of hydroxylamine groups is 1. The van der Waals surface area contributed by atoms with Crippen molar-refractivity contribution in [1.82, 2.24) is 20.2 Å². The SMILES string of the molecule is CN1CCC(c2cccc3nn(C(Cc4ccccc4)C(=O)NO)cc23)CC1. The summed E-state index contributed by atoms with van der Waals surface area (Å²) in [7, 11) is 2.16. The lowest BCUT2D eigenvalue weighted by atomic mass is 9.88. The van der Waals surface area contributed by atoms with Gasteiger partial charge in [0, 0.05) is 18.0 Å². The van der Waals surface area contributed by atoms with E-state index in [9.17, 15) is 10.0 Å². The largest absolute Gasteiger partial charge is 0.306 e. The molecule has 1 unspecified atom stereocenters. The maximum Gasteiger partial charge on any atom is 0.268 e. The van der Waals surface area contributed by atoms with Crippen LogP contribution in [0.3, 0.4) is 0 Å². The Balaban J connectivity index is 1.68. The topological polar surface area (TPSA) is 70.4 Å². The van der Waals surface area contributed by atoms with Gasteiger partial charge in [-0.1, -0.05) is 42.5 Å². The maximum atomic E-state index is 12.4. The predicted molar refractivity (Wildman–Crippen MR) is 108 cm³/mol. The Morgan fingerprint density at radius 1 is 1.18 bits per heavy atom. The summed E-state index contributed by atoms with van der Waals surface area (Å²) in [5.74, 6) is 0.0503. The minimum atomic E-state index is -0.606. The van der Waals surface area contributed by atoms with Crippen LogP contribution in [0.25, 0.3) is 10.9 Å². The zero-order valence-corrected chi connectivity index (χ0v) is 16.1. The number of likely N-dealkylation sites (tertiary alicyclic amines) is 1. The summed E-state index contributed by atoms with van der Waals surface area (Å²) in [4.78, 5) is 14.8. The Kier molecular flexibility index (Phi) is 5.41. The van der Waals surface area contributed by atoms with E-state index in [1.54, 1.807) is 10.2 Å². The Morgan fingerprint density at radius 3 is 2.64 bits per heavy atom. The summed E-state index contributed by atoms with van der Waals surface area (Å²) in [5, 5.41) is 15.0. The standard InChI is InChI=1S/C22H26N4O2/c1-25-12-10-17(11-13-25)18-8-5-9-20-19(18)15-26(23-20)21(22(27)24-28)14-16-6-3-2-4-7-16/h2-9,15,17,21,28H,10-14H2,1H3,(H,24,27). The van der Waals surface area contributed by atoms with Crippen molar-refractivity contribution in [2.75, 3.05) is 20.1 Å². The van der Waals surface area contributed by atoms with Gasteiger partial charge in [-0.2, -0.15) is 5.10 Å². The highest BCUT2D eigenvalue weighted by molar-refractivity contribution is 5.84. The zero-order valence-electron chi connectivity index (χ0n) is 16.1. The molecule has 6 nitrogen and oxygen atoms in total. The van der Waals surface area contributed by atoms with E-state index in [1.807, 2.05) is 48.7 Å². The normalized spacial score (nSPS) is 16.9. The molecule has 0 bridgehead atoms. The predicted octanol–water partition coefficient (Wildman–Crippen LogP) is 3.13. The van der Waals surface area contributed by atoms with Gasteiger partial charge in [-0.3, -0.25) is 14.7 Å². The van der Waals surface area contributed by atoms with Gasteiger partial charge in [0.2, 0.25) is 0 Å². The van der Waals surface area contributed by atoms with Crippen molar-refractivity contribution in [1.29, 1.82) is 0 Å². The maximum absolute atomic E-state index is 12.4. The number of nitrogens with zero attached hydrogens (tertiary/aromatic N) is 3. The molecule has 0 spiro atoms. The van der Waals surface area contributed by atoms with Crippen LogP contribution in [-0.4, -0.2) is 45.9 Å². The first kappa shape index (κ1) is 18.7. The Labute approximate surface area is 164 Å². The van der Waals surface area contributed by atoms with E-state index in [0.29, 0.717) is 12.3 Å². The second-order valence-electron chi connectivity index (χ2n) is 7.65. The molecule has 2 heterocycles. The molecule has 3 aromatic rings. The van der Waals surface area contributed by atoms with E-state index < -0.39 is 11.9 Å². The van der Waals surface area contributed by atoms with Crippen LogP contribution in [-0.2, 0) is 11.2 Å². The van der Waals surface area contributed by atoms with E-state index in [0.717, 1.165) is 42.4 Å². The quantitative estimate of drug-likeness (QED) is 0.529. The van der Waals surface area contributed by atoms with Gasteiger partial charge >= 0.3 is 0 Å². The van der Waals surface area contributed by atoms with Crippen molar-refractivity contribution in [2.45, 2.75) is 31.2 Å². The smallest absolute Gasteiger partial charge is 0.268 e. The van der Waals surface area contributed by atoms with Crippen LogP contribution in [0.1, 0.15) is 35.9 Å². The number of amides is 1. The number of rotatable bonds is 5. The van der Waals surface area contributed by atoms with Gasteiger partial charge in [0.05, 0.1) is 5.52 Å². The molecule has 146 valence electrons. The second kappa shape index (κ2) is 8.12. The van der Waals surface area contributed by atoms with Crippen molar-refractivity contribution in [3.63, 3.8) is 0 Å². The molecule has 28 heavy (non-hydrogen) atoms. The van der Waals surface area contributed by atoms with Gasteiger partial charge in [-0.15, -0.1) is 0 Å². The lowest BCUT2D eigenvalue weighted by molar-refractivity contribution is -0.132. The Morgan fingerprint density at radius 2 is 1.93 bits per heavy atom. The number of piperidine rings is 1. The molecular weight excluding hydrogens is 352 g/mol. The molecule has 1 amide bonds. The van der Waals surface area contributed by atoms with Gasteiger partial charge < -0.3 is 4.90 Å². The van der Waals surface area contributed by atoms with Crippen molar-refractivity contribution in [2.24, 2.45) is 0 Å². The molecule has 1 aliphatic rings. The molecule has 1 fully saturated rings. The van der Waals surface area contributed by atoms with Crippen LogP contribution in [0.2, 0.25) is 0 Å². The van der Waals surface area contributed by atoms with E-state index in [-0.39, 0.29) is 0 Å². The zero-order chi connectivity index (χ0) is 19.5. The van der Waals surface area contributed by atoms with Crippen LogP contribution in [0.4, 0.5) is 0 Å². The molecule has 1 aromatic heterocycles. The van der Waals surface area contributed by atoms with Crippen molar-refractivity contribution in [3.8, 4) is 0 Å². The molecule has 1 atom stereocenters. The van der Waals surface area contributed by atoms with Crippen LogP contribution in [0.5, 0.6) is 0 Å². The number of fused-ring (bicyclic) bond motifs is 1. The molecule has 0 saturated carbocycles. The number of carbonyl (C=O) groups excluding carboxylic acids is 1. The summed E-state index contributed by atoms with van der Waals surface area (Å²) in [5.41, 5.74) is 5.02. The molecular formula is C22H26N4O2. The lowest BCUT2D eigenvalue weighted by Crippen LogP contribution is -2.32. The average molecular weight is 378 g/mol. The number of hydrogen-bond donors (Lipinski definition) is 2. The van der Waals surface area contributed by atoms with E-state index in [2.05, 4.69) is 23.1 Å².